The van der Waals surface area contributed by atoms with Gasteiger partial charge in [-0.3, -0.25) is 14.9 Å². The number of urea groups is 1. The van der Waals surface area contributed by atoms with E-state index in [1.165, 1.54) is 18.2 Å². The molecular weight excluding hydrogens is 559 g/mol. The minimum Gasteiger partial charge on any atom is -0.494 e. The maximum Gasteiger partial charge on any atom is 0.335 e. The van der Waals surface area contributed by atoms with Crippen molar-refractivity contribution in [2.24, 2.45) is 0 Å². The summed E-state index contributed by atoms with van der Waals surface area (Å²) in [4.78, 5) is 39.3. The van der Waals surface area contributed by atoms with Crippen LogP contribution in [0.25, 0.3) is 6.08 Å². The summed E-state index contributed by atoms with van der Waals surface area (Å²) in [6.45, 7) is 4.62. The van der Waals surface area contributed by atoms with Gasteiger partial charge in [-0.05, 0) is 95.5 Å². The first kappa shape index (κ1) is 26.9. The second-order valence-electron chi connectivity index (χ2n) is 8.06. The molecular formula is C28H24BrFN2O6. The molecule has 4 rings (SSSR count). The normalized spacial score (nSPS) is 14.5. The van der Waals surface area contributed by atoms with Gasteiger partial charge in [-0.1, -0.05) is 12.1 Å². The van der Waals surface area contributed by atoms with Crippen LogP contribution in [0.2, 0.25) is 0 Å². The molecule has 0 unspecified atom stereocenters. The topological polar surface area (TPSA) is 94.2 Å². The first-order valence-electron chi connectivity index (χ1n) is 11.8. The number of benzene rings is 3. The van der Waals surface area contributed by atoms with Crippen molar-refractivity contribution in [3.63, 3.8) is 0 Å². The fourth-order valence-corrected chi connectivity index (χ4v) is 4.30. The molecule has 0 radical (unpaired) electrons. The van der Waals surface area contributed by atoms with Crippen LogP contribution < -0.4 is 24.4 Å². The number of hydrogen-bond donors (Lipinski definition) is 1. The van der Waals surface area contributed by atoms with Gasteiger partial charge in [-0.15, -0.1) is 0 Å². The number of anilines is 1. The van der Waals surface area contributed by atoms with E-state index in [1.807, 2.05) is 6.92 Å². The third-order valence-corrected chi connectivity index (χ3v) is 6.04. The van der Waals surface area contributed by atoms with Crippen LogP contribution >= 0.6 is 15.9 Å². The summed E-state index contributed by atoms with van der Waals surface area (Å²) in [5.74, 6) is -0.557. The van der Waals surface area contributed by atoms with E-state index in [0.29, 0.717) is 40.5 Å². The lowest BCUT2D eigenvalue weighted by molar-refractivity contribution is -0.122. The van der Waals surface area contributed by atoms with Crippen LogP contribution in [-0.4, -0.2) is 31.1 Å². The summed E-state index contributed by atoms with van der Waals surface area (Å²) in [6.07, 6.45) is 1.38. The van der Waals surface area contributed by atoms with Crippen molar-refractivity contribution in [1.82, 2.24) is 5.32 Å². The van der Waals surface area contributed by atoms with E-state index in [0.717, 1.165) is 10.5 Å². The largest absolute Gasteiger partial charge is 0.494 e. The SMILES string of the molecule is CCOc1ccc(N2C(=O)NC(=O)/C(=C\c3cc(Br)c(OCc4ccc(F)cc4)c(OCC)c3)C2=O)cc1. The van der Waals surface area contributed by atoms with E-state index in [9.17, 15) is 18.8 Å². The maximum atomic E-state index is 13.3. The van der Waals surface area contributed by atoms with E-state index in [2.05, 4.69) is 21.2 Å². The highest BCUT2D eigenvalue weighted by atomic mass is 79.9. The van der Waals surface area contributed by atoms with E-state index in [4.69, 9.17) is 14.2 Å². The molecule has 1 aliphatic heterocycles. The molecule has 0 aliphatic carbocycles. The molecule has 3 aromatic carbocycles. The van der Waals surface area contributed by atoms with Gasteiger partial charge in [0.05, 0.1) is 23.4 Å². The molecule has 3 aromatic rings. The van der Waals surface area contributed by atoms with Crippen LogP contribution in [0.15, 0.2) is 70.7 Å². The Kier molecular flexibility index (Phi) is 8.42. The van der Waals surface area contributed by atoms with Gasteiger partial charge in [0.25, 0.3) is 11.8 Å². The van der Waals surface area contributed by atoms with E-state index in [1.54, 1.807) is 55.5 Å². The lowest BCUT2D eigenvalue weighted by Gasteiger charge is -2.26. The molecule has 0 bridgehead atoms. The Bertz CT molecular complexity index is 1390. The van der Waals surface area contributed by atoms with E-state index >= 15 is 0 Å². The molecule has 1 heterocycles. The standard InChI is InChI=1S/C28H24BrFN2O6/c1-3-36-21-11-9-20(10-12-21)32-27(34)22(26(33)31-28(32)35)13-18-14-23(29)25(24(15-18)37-4-2)38-16-17-5-7-19(30)8-6-17/h5-15H,3-4,16H2,1-2H3,(H,31,33,35)/b22-13+. The van der Waals surface area contributed by atoms with Crippen LogP contribution in [0.4, 0.5) is 14.9 Å². The summed E-state index contributed by atoms with van der Waals surface area (Å²) in [5.41, 5.74) is 1.28. The Morgan fingerprint density at radius 1 is 0.921 bits per heavy atom. The Labute approximate surface area is 227 Å². The minimum atomic E-state index is -0.845. The quantitative estimate of drug-likeness (QED) is 0.259. The molecule has 0 saturated carbocycles. The monoisotopic (exact) mass is 582 g/mol. The van der Waals surface area contributed by atoms with Gasteiger partial charge in [0.1, 0.15) is 23.7 Å². The Morgan fingerprint density at radius 3 is 2.26 bits per heavy atom. The van der Waals surface area contributed by atoms with Crippen molar-refractivity contribution in [3.05, 3.63) is 87.7 Å². The fraction of sp³-hybridized carbons (Fsp3) is 0.179. The van der Waals surface area contributed by atoms with Crippen LogP contribution in [0, 0.1) is 5.82 Å². The summed E-state index contributed by atoms with van der Waals surface area (Å²) in [5, 5.41) is 2.21. The highest BCUT2D eigenvalue weighted by molar-refractivity contribution is 9.10. The highest BCUT2D eigenvalue weighted by Gasteiger charge is 2.37. The van der Waals surface area contributed by atoms with Crippen molar-refractivity contribution < 1.29 is 33.0 Å². The molecule has 0 atom stereocenters. The van der Waals surface area contributed by atoms with Crippen molar-refractivity contribution in [3.8, 4) is 17.2 Å². The second kappa shape index (κ2) is 11.9. The first-order valence-corrected chi connectivity index (χ1v) is 12.6. The Balaban J connectivity index is 1.63. The Hall–Kier alpha value is -4.18. The number of carbonyl (C=O) groups is 3. The number of ether oxygens (including phenoxy) is 3. The molecule has 1 aliphatic rings. The number of barbiturate groups is 1. The predicted octanol–water partition coefficient (Wildman–Crippen LogP) is 5.63. The zero-order valence-electron chi connectivity index (χ0n) is 20.6. The average molecular weight is 583 g/mol. The molecule has 10 heteroatoms. The van der Waals surface area contributed by atoms with Crippen LogP contribution in [-0.2, 0) is 16.2 Å². The van der Waals surface area contributed by atoms with Gasteiger partial charge in [0, 0.05) is 0 Å². The number of nitrogens with zero attached hydrogens (tertiary/aromatic N) is 1. The van der Waals surface area contributed by atoms with Crippen molar-refractivity contribution in [2.45, 2.75) is 20.5 Å². The molecule has 196 valence electrons. The number of rotatable bonds is 9. The van der Waals surface area contributed by atoms with Crippen LogP contribution in [0.1, 0.15) is 25.0 Å². The van der Waals surface area contributed by atoms with Gasteiger partial charge in [0.2, 0.25) is 0 Å². The minimum absolute atomic E-state index is 0.166. The average Bonchev–Trinajstić information content (AvgIpc) is 2.88. The van der Waals surface area contributed by atoms with E-state index < -0.39 is 17.8 Å². The zero-order chi connectivity index (χ0) is 27.2. The van der Waals surface area contributed by atoms with Gasteiger partial charge >= 0.3 is 6.03 Å². The Morgan fingerprint density at radius 2 is 1.61 bits per heavy atom. The molecule has 1 N–H and O–H groups in total. The van der Waals surface area contributed by atoms with Gasteiger partial charge in [0.15, 0.2) is 11.5 Å². The summed E-state index contributed by atoms with van der Waals surface area (Å²) in [6, 6.07) is 14.8. The third-order valence-electron chi connectivity index (χ3n) is 5.45. The lowest BCUT2D eigenvalue weighted by atomic mass is 10.1. The van der Waals surface area contributed by atoms with Gasteiger partial charge in [-0.2, -0.15) is 0 Å². The van der Waals surface area contributed by atoms with E-state index in [-0.39, 0.29) is 23.7 Å². The molecule has 8 nitrogen and oxygen atoms in total. The maximum absolute atomic E-state index is 13.3. The first-order chi connectivity index (χ1) is 18.3. The number of nitrogens with one attached hydrogen (secondary N) is 1. The summed E-state index contributed by atoms with van der Waals surface area (Å²) >= 11 is 3.47. The summed E-state index contributed by atoms with van der Waals surface area (Å²) in [7, 11) is 0. The molecule has 1 saturated heterocycles. The summed E-state index contributed by atoms with van der Waals surface area (Å²) < 4.78 is 30.8. The van der Waals surface area contributed by atoms with Crippen molar-refractivity contribution in [2.75, 3.05) is 18.1 Å². The van der Waals surface area contributed by atoms with Crippen molar-refractivity contribution >= 4 is 45.5 Å². The van der Waals surface area contributed by atoms with Crippen LogP contribution in [0.3, 0.4) is 0 Å². The highest BCUT2D eigenvalue weighted by Crippen LogP contribution is 2.38. The van der Waals surface area contributed by atoms with Gasteiger partial charge < -0.3 is 14.2 Å². The predicted molar refractivity (Wildman–Crippen MR) is 143 cm³/mol. The van der Waals surface area contributed by atoms with Crippen molar-refractivity contribution in [1.29, 1.82) is 0 Å². The smallest absolute Gasteiger partial charge is 0.335 e. The molecule has 0 spiro atoms. The lowest BCUT2D eigenvalue weighted by Crippen LogP contribution is -2.54. The fourth-order valence-electron chi connectivity index (χ4n) is 3.73. The molecule has 0 aromatic heterocycles. The number of carbonyl (C=O) groups excluding carboxylic acids is 3. The van der Waals surface area contributed by atoms with Crippen LogP contribution in [0.5, 0.6) is 17.2 Å². The third kappa shape index (κ3) is 6.03. The number of hydrogen-bond acceptors (Lipinski definition) is 6. The number of imide groups is 2. The number of halogens is 2. The number of amides is 4. The molecule has 38 heavy (non-hydrogen) atoms. The molecule has 1 fully saturated rings. The molecule has 4 amide bonds. The zero-order valence-corrected chi connectivity index (χ0v) is 22.2. The van der Waals surface area contributed by atoms with Gasteiger partial charge in [-0.25, -0.2) is 14.1 Å². The second-order valence-corrected chi connectivity index (χ2v) is 8.92.